The number of esters is 1. The SMILES string of the molecule is CO[C@H]1C[C@H](OCc2ccccc2)[C@H](O[C@@H]2C[C@@](C)(NC(=O)C(F)(F)F)[C@@H](OC(C)=O)[C@H](C)O2)[C@H](C)O1. The Morgan fingerprint density at radius 2 is 1.76 bits per heavy atom. The smallest absolute Gasteiger partial charge is 0.457 e. The fourth-order valence-electron chi connectivity index (χ4n) is 4.74. The molecule has 0 unspecified atom stereocenters. The summed E-state index contributed by atoms with van der Waals surface area (Å²) in [6.07, 6.45) is -10.3. The van der Waals surface area contributed by atoms with Gasteiger partial charge in [0, 0.05) is 26.9 Å². The minimum atomic E-state index is -5.13. The Labute approximate surface area is 213 Å². The molecule has 1 amide bonds. The van der Waals surface area contributed by atoms with Crippen molar-refractivity contribution in [1.29, 1.82) is 0 Å². The summed E-state index contributed by atoms with van der Waals surface area (Å²) >= 11 is 0. The van der Waals surface area contributed by atoms with Crippen LogP contribution in [0.15, 0.2) is 30.3 Å². The molecule has 8 atom stereocenters. The van der Waals surface area contributed by atoms with Crippen LogP contribution in [0.5, 0.6) is 0 Å². The second-order valence-electron chi connectivity index (χ2n) is 9.55. The minimum Gasteiger partial charge on any atom is -0.457 e. The molecule has 0 radical (unpaired) electrons. The zero-order valence-corrected chi connectivity index (χ0v) is 21.4. The van der Waals surface area contributed by atoms with Crippen LogP contribution in [0.1, 0.15) is 46.1 Å². The lowest BCUT2D eigenvalue weighted by atomic mass is 9.84. The number of halogens is 3. The zero-order valence-electron chi connectivity index (χ0n) is 21.4. The van der Waals surface area contributed by atoms with E-state index in [0.29, 0.717) is 13.0 Å². The first-order valence-corrected chi connectivity index (χ1v) is 12.0. The molecule has 2 aliphatic heterocycles. The van der Waals surface area contributed by atoms with E-state index in [4.69, 9.17) is 28.4 Å². The number of alkyl halides is 3. The number of benzene rings is 1. The van der Waals surface area contributed by atoms with Gasteiger partial charge in [0.15, 0.2) is 18.7 Å². The maximum Gasteiger partial charge on any atom is 0.471 e. The van der Waals surface area contributed by atoms with Crippen LogP contribution in [0.2, 0.25) is 0 Å². The minimum absolute atomic E-state index is 0.223. The van der Waals surface area contributed by atoms with Gasteiger partial charge in [0.2, 0.25) is 0 Å². The summed E-state index contributed by atoms with van der Waals surface area (Å²) in [5.74, 6) is -2.87. The molecule has 1 N–H and O–H groups in total. The summed E-state index contributed by atoms with van der Waals surface area (Å²) in [5.41, 5.74) is -0.682. The zero-order chi connectivity index (χ0) is 27.4. The van der Waals surface area contributed by atoms with E-state index in [0.717, 1.165) is 12.5 Å². The molecule has 9 nitrogen and oxygen atoms in total. The fraction of sp³-hybridized carbons (Fsp3) is 0.680. The molecule has 1 aromatic carbocycles. The molecule has 0 spiro atoms. The third kappa shape index (κ3) is 7.64. The fourth-order valence-corrected chi connectivity index (χ4v) is 4.74. The van der Waals surface area contributed by atoms with E-state index in [2.05, 4.69) is 0 Å². The molecule has 0 aliphatic carbocycles. The van der Waals surface area contributed by atoms with Crippen molar-refractivity contribution >= 4 is 11.9 Å². The number of hydrogen-bond acceptors (Lipinski definition) is 8. The highest BCUT2D eigenvalue weighted by molar-refractivity contribution is 5.82. The molecule has 2 saturated heterocycles. The Morgan fingerprint density at radius 3 is 2.35 bits per heavy atom. The third-order valence-electron chi connectivity index (χ3n) is 6.46. The van der Waals surface area contributed by atoms with Crippen molar-refractivity contribution in [2.75, 3.05) is 7.11 Å². The van der Waals surface area contributed by atoms with Gasteiger partial charge >= 0.3 is 18.1 Å². The van der Waals surface area contributed by atoms with Gasteiger partial charge in [0.25, 0.3) is 0 Å². The predicted molar refractivity (Wildman–Crippen MR) is 123 cm³/mol. The first kappa shape index (κ1) is 29.3. The molecule has 37 heavy (non-hydrogen) atoms. The quantitative estimate of drug-likeness (QED) is 0.509. The maximum atomic E-state index is 13.1. The van der Waals surface area contributed by atoms with Crippen molar-refractivity contribution in [3.05, 3.63) is 35.9 Å². The summed E-state index contributed by atoms with van der Waals surface area (Å²) < 4.78 is 74.1. The summed E-state index contributed by atoms with van der Waals surface area (Å²) in [6.45, 7) is 6.10. The Balaban J connectivity index is 1.79. The molecule has 2 heterocycles. The number of amides is 1. The first-order valence-electron chi connectivity index (χ1n) is 12.0. The summed E-state index contributed by atoms with van der Waals surface area (Å²) in [6, 6.07) is 9.52. The summed E-state index contributed by atoms with van der Waals surface area (Å²) in [5, 5.41) is 1.99. The number of carbonyl (C=O) groups is 2. The molecule has 208 valence electrons. The van der Waals surface area contributed by atoms with Crippen molar-refractivity contribution in [1.82, 2.24) is 5.32 Å². The number of rotatable bonds is 8. The number of hydrogen-bond donors (Lipinski definition) is 1. The van der Waals surface area contributed by atoms with Crippen LogP contribution in [0.25, 0.3) is 0 Å². The molecule has 3 rings (SSSR count). The van der Waals surface area contributed by atoms with E-state index in [-0.39, 0.29) is 6.42 Å². The van der Waals surface area contributed by atoms with Gasteiger partial charge in [0.05, 0.1) is 30.5 Å². The van der Waals surface area contributed by atoms with Crippen LogP contribution in [-0.2, 0) is 44.6 Å². The third-order valence-corrected chi connectivity index (χ3v) is 6.46. The summed E-state index contributed by atoms with van der Waals surface area (Å²) in [4.78, 5) is 23.5. The van der Waals surface area contributed by atoms with E-state index < -0.39 is 66.7 Å². The van der Waals surface area contributed by atoms with Crippen molar-refractivity contribution in [3.63, 3.8) is 0 Å². The van der Waals surface area contributed by atoms with E-state index in [1.807, 2.05) is 35.6 Å². The molecular weight excluding hydrogens is 499 g/mol. The first-order chi connectivity index (χ1) is 17.3. The van der Waals surface area contributed by atoms with Crippen LogP contribution in [0, 0.1) is 0 Å². The number of methoxy groups -OCH3 is 1. The molecule has 0 saturated carbocycles. The molecule has 0 bridgehead atoms. The normalized spacial score (nSPS) is 34.5. The van der Waals surface area contributed by atoms with Crippen LogP contribution in [-0.4, -0.2) is 73.8 Å². The Morgan fingerprint density at radius 1 is 1.11 bits per heavy atom. The lowest BCUT2D eigenvalue weighted by molar-refractivity contribution is -0.313. The summed E-state index contributed by atoms with van der Waals surface area (Å²) in [7, 11) is 1.52. The predicted octanol–water partition coefficient (Wildman–Crippen LogP) is 3.24. The van der Waals surface area contributed by atoms with Crippen molar-refractivity contribution in [2.24, 2.45) is 0 Å². The van der Waals surface area contributed by atoms with Gasteiger partial charge in [-0.25, -0.2) is 0 Å². The van der Waals surface area contributed by atoms with Gasteiger partial charge in [-0.2, -0.15) is 13.2 Å². The average Bonchev–Trinajstić information content (AvgIpc) is 2.81. The van der Waals surface area contributed by atoms with Crippen LogP contribution < -0.4 is 5.32 Å². The van der Waals surface area contributed by atoms with Gasteiger partial charge < -0.3 is 33.7 Å². The molecule has 12 heteroatoms. The van der Waals surface area contributed by atoms with Crippen molar-refractivity contribution in [3.8, 4) is 0 Å². The van der Waals surface area contributed by atoms with Crippen LogP contribution >= 0.6 is 0 Å². The van der Waals surface area contributed by atoms with Gasteiger partial charge in [-0.15, -0.1) is 0 Å². The van der Waals surface area contributed by atoms with E-state index >= 15 is 0 Å². The molecule has 1 aromatic rings. The molecule has 2 aliphatic rings. The van der Waals surface area contributed by atoms with Gasteiger partial charge in [-0.05, 0) is 26.3 Å². The van der Waals surface area contributed by atoms with Gasteiger partial charge in [-0.3, -0.25) is 9.59 Å². The lowest BCUT2D eigenvalue weighted by Crippen LogP contribution is -2.67. The highest BCUT2D eigenvalue weighted by Crippen LogP contribution is 2.36. The number of nitrogens with one attached hydrogen (secondary N) is 1. The average molecular weight is 534 g/mol. The molecule has 2 fully saturated rings. The topological polar surface area (TPSA) is 102 Å². The Hall–Kier alpha value is -2.25. The monoisotopic (exact) mass is 533 g/mol. The highest BCUT2D eigenvalue weighted by Gasteiger charge is 2.53. The van der Waals surface area contributed by atoms with E-state index in [1.54, 1.807) is 6.92 Å². The largest absolute Gasteiger partial charge is 0.471 e. The van der Waals surface area contributed by atoms with Gasteiger partial charge in [-0.1, -0.05) is 30.3 Å². The maximum absolute atomic E-state index is 13.1. The van der Waals surface area contributed by atoms with Gasteiger partial charge in [0.1, 0.15) is 6.10 Å². The Kier molecular flexibility index (Phi) is 9.57. The number of ether oxygens (including phenoxy) is 6. The molecular formula is C25H34F3NO8. The molecule has 0 aromatic heterocycles. The Bertz CT molecular complexity index is 917. The second-order valence-corrected chi connectivity index (χ2v) is 9.55. The van der Waals surface area contributed by atoms with E-state index in [1.165, 1.54) is 21.0 Å². The van der Waals surface area contributed by atoms with E-state index in [9.17, 15) is 22.8 Å². The van der Waals surface area contributed by atoms with Crippen molar-refractivity contribution < 1.29 is 51.2 Å². The van der Waals surface area contributed by atoms with Crippen LogP contribution in [0.4, 0.5) is 13.2 Å². The lowest BCUT2D eigenvalue weighted by Gasteiger charge is -2.49. The number of carbonyl (C=O) groups excluding carboxylic acids is 2. The second kappa shape index (κ2) is 12.1. The highest BCUT2D eigenvalue weighted by atomic mass is 19.4. The van der Waals surface area contributed by atoms with Crippen molar-refractivity contribution in [2.45, 2.75) is 102 Å². The standard InChI is InChI=1S/C25H34F3NO8/c1-14-21(18(11-19(32-5)34-14)33-13-17-9-7-6-8-10-17)37-20-12-24(4,29-23(31)25(26,27)28)22(15(2)35-20)36-16(3)30/h6-10,14-15,18-22H,11-13H2,1-5H3,(H,29,31)/t14-,15-,18-,19+,20+,21+,22-,24+/m0/s1. The van der Waals surface area contributed by atoms with Crippen LogP contribution in [0.3, 0.4) is 0 Å².